The number of nitrogens with zero attached hydrogens (tertiary/aromatic N) is 2. The standard InChI is InChI=1S/C12H15N3/c1-13-7-9-3-2-4-11-12(9)15(8-14-11)10-5-6-10/h2-4,8,10,13H,5-7H2,1H3. The molecule has 2 aromatic rings. The van der Waals surface area contributed by atoms with Crippen molar-refractivity contribution >= 4 is 11.0 Å². The second-order valence-corrected chi connectivity index (χ2v) is 4.20. The monoisotopic (exact) mass is 201 g/mol. The van der Waals surface area contributed by atoms with Gasteiger partial charge in [0.2, 0.25) is 0 Å². The summed E-state index contributed by atoms with van der Waals surface area (Å²) in [5, 5.41) is 3.21. The van der Waals surface area contributed by atoms with Gasteiger partial charge >= 0.3 is 0 Å². The van der Waals surface area contributed by atoms with Crippen LogP contribution in [0.5, 0.6) is 0 Å². The Morgan fingerprint density at radius 2 is 2.33 bits per heavy atom. The van der Waals surface area contributed by atoms with Gasteiger partial charge in [-0.25, -0.2) is 4.98 Å². The lowest BCUT2D eigenvalue weighted by molar-refractivity contribution is 0.752. The first-order chi connectivity index (χ1) is 7.40. The van der Waals surface area contributed by atoms with Gasteiger partial charge in [0.1, 0.15) is 0 Å². The van der Waals surface area contributed by atoms with E-state index in [1.165, 1.54) is 23.9 Å². The molecule has 3 rings (SSSR count). The van der Waals surface area contributed by atoms with Gasteiger partial charge in [0.15, 0.2) is 0 Å². The molecule has 3 nitrogen and oxygen atoms in total. The summed E-state index contributed by atoms with van der Waals surface area (Å²) in [6, 6.07) is 7.06. The van der Waals surface area contributed by atoms with E-state index < -0.39 is 0 Å². The normalized spacial score (nSPS) is 16.1. The average molecular weight is 201 g/mol. The summed E-state index contributed by atoms with van der Waals surface area (Å²) >= 11 is 0. The number of rotatable bonds is 3. The molecule has 15 heavy (non-hydrogen) atoms. The molecule has 0 aliphatic heterocycles. The summed E-state index contributed by atoms with van der Waals surface area (Å²) in [6.07, 6.45) is 4.60. The van der Waals surface area contributed by atoms with Crippen LogP contribution in [0, 0.1) is 0 Å². The van der Waals surface area contributed by atoms with Crippen LogP contribution in [0.2, 0.25) is 0 Å². The smallest absolute Gasteiger partial charge is 0.0961 e. The van der Waals surface area contributed by atoms with Crippen LogP contribution in [-0.4, -0.2) is 16.6 Å². The van der Waals surface area contributed by atoms with Crippen LogP contribution in [0.3, 0.4) is 0 Å². The van der Waals surface area contributed by atoms with Crippen molar-refractivity contribution in [1.82, 2.24) is 14.9 Å². The molecule has 1 aliphatic carbocycles. The molecule has 1 heterocycles. The van der Waals surface area contributed by atoms with Crippen LogP contribution in [0.15, 0.2) is 24.5 Å². The molecular formula is C12H15N3. The quantitative estimate of drug-likeness (QED) is 0.824. The van der Waals surface area contributed by atoms with Crippen LogP contribution in [0.1, 0.15) is 24.4 Å². The van der Waals surface area contributed by atoms with Gasteiger partial charge in [0, 0.05) is 12.6 Å². The second kappa shape index (κ2) is 3.35. The summed E-state index contributed by atoms with van der Waals surface area (Å²) in [5.74, 6) is 0. The van der Waals surface area contributed by atoms with Crippen LogP contribution in [-0.2, 0) is 6.54 Å². The van der Waals surface area contributed by atoms with E-state index in [-0.39, 0.29) is 0 Å². The Labute approximate surface area is 89.1 Å². The number of benzene rings is 1. The summed E-state index contributed by atoms with van der Waals surface area (Å²) in [7, 11) is 1.98. The van der Waals surface area contributed by atoms with Crippen molar-refractivity contribution in [3.05, 3.63) is 30.1 Å². The molecule has 1 aromatic heterocycles. The lowest BCUT2D eigenvalue weighted by Crippen LogP contribution is -2.07. The average Bonchev–Trinajstić information content (AvgIpc) is 3.00. The van der Waals surface area contributed by atoms with Gasteiger partial charge in [-0.05, 0) is 31.5 Å². The summed E-state index contributed by atoms with van der Waals surface area (Å²) in [4.78, 5) is 4.46. The zero-order valence-corrected chi connectivity index (χ0v) is 8.90. The molecule has 78 valence electrons. The number of aromatic nitrogens is 2. The van der Waals surface area contributed by atoms with Crippen molar-refractivity contribution in [3.63, 3.8) is 0 Å². The van der Waals surface area contributed by atoms with Crippen molar-refractivity contribution < 1.29 is 0 Å². The third kappa shape index (κ3) is 1.43. The summed E-state index contributed by atoms with van der Waals surface area (Å²) < 4.78 is 2.34. The molecule has 0 unspecified atom stereocenters. The minimum absolute atomic E-state index is 0.702. The topological polar surface area (TPSA) is 29.9 Å². The van der Waals surface area contributed by atoms with Gasteiger partial charge in [0.25, 0.3) is 0 Å². The van der Waals surface area contributed by atoms with Crippen LogP contribution in [0.4, 0.5) is 0 Å². The van der Waals surface area contributed by atoms with E-state index in [1.807, 2.05) is 13.4 Å². The highest BCUT2D eigenvalue weighted by Gasteiger charge is 2.25. The third-order valence-corrected chi connectivity index (χ3v) is 2.99. The van der Waals surface area contributed by atoms with E-state index in [2.05, 4.69) is 33.1 Å². The molecule has 1 N–H and O–H groups in total. The first-order valence-electron chi connectivity index (χ1n) is 5.49. The number of fused-ring (bicyclic) bond motifs is 1. The Bertz CT molecular complexity index is 483. The SMILES string of the molecule is CNCc1cccc2ncn(C3CC3)c12. The fourth-order valence-corrected chi connectivity index (χ4v) is 2.12. The van der Waals surface area contributed by atoms with Crippen molar-refractivity contribution in [2.45, 2.75) is 25.4 Å². The van der Waals surface area contributed by atoms with E-state index in [4.69, 9.17) is 0 Å². The van der Waals surface area contributed by atoms with Gasteiger partial charge in [-0.1, -0.05) is 12.1 Å². The van der Waals surface area contributed by atoms with Gasteiger partial charge in [-0.3, -0.25) is 0 Å². The van der Waals surface area contributed by atoms with Crippen molar-refractivity contribution in [2.24, 2.45) is 0 Å². The van der Waals surface area contributed by atoms with Crippen molar-refractivity contribution in [3.8, 4) is 0 Å². The predicted molar refractivity (Wildman–Crippen MR) is 60.8 cm³/mol. The molecule has 0 radical (unpaired) electrons. The summed E-state index contributed by atoms with van der Waals surface area (Å²) in [6.45, 7) is 0.912. The van der Waals surface area contributed by atoms with E-state index in [9.17, 15) is 0 Å². The number of nitrogens with one attached hydrogen (secondary N) is 1. The van der Waals surface area contributed by atoms with Gasteiger partial charge in [-0.2, -0.15) is 0 Å². The zero-order valence-electron chi connectivity index (χ0n) is 8.90. The van der Waals surface area contributed by atoms with Gasteiger partial charge in [-0.15, -0.1) is 0 Å². The Morgan fingerprint density at radius 3 is 3.07 bits per heavy atom. The highest BCUT2D eigenvalue weighted by molar-refractivity contribution is 5.79. The molecular weight excluding hydrogens is 186 g/mol. The van der Waals surface area contributed by atoms with Crippen LogP contribution < -0.4 is 5.32 Å². The predicted octanol–water partition coefficient (Wildman–Crippen LogP) is 2.09. The maximum Gasteiger partial charge on any atom is 0.0961 e. The lowest BCUT2D eigenvalue weighted by Gasteiger charge is -2.06. The fraction of sp³-hybridized carbons (Fsp3) is 0.417. The molecule has 1 aromatic carbocycles. The van der Waals surface area contributed by atoms with E-state index in [0.29, 0.717) is 6.04 Å². The van der Waals surface area contributed by atoms with E-state index in [1.54, 1.807) is 0 Å². The van der Waals surface area contributed by atoms with Crippen LogP contribution >= 0.6 is 0 Å². The second-order valence-electron chi connectivity index (χ2n) is 4.20. The van der Waals surface area contributed by atoms with Crippen molar-refractivity contribution in [2.75, 3.05) is 7.05 Å². The molecule has 1 saturated carbocycles. The molecule has 3 heteroatoms. The molecule has 0 bridgehead atoms. The molecule has 0 saturated heterocycles. The van der Waals surface area contributed by atoms with Crippen LogP contribution in [0.25, 0.3) is 11.0 Å². The third-order valence-electron chi connectivity index (χ3n) is 2.99. The Kier molecular flexibility index (Phi) is 1.99. The minimum Gasteiger partial charge on any atom is -0.327 e. The van der Waals surface area contributed by atoms with Gasteiger partial charge < -0.3 is 9.88 Å². The Hall–Kier alpha value is -1.35. The first-order valence-corrected chi connectivity index (χ1v) is 5.49. The summed E-state index contributed by atoms with van der Waals surface area (Å²) in [5.41, 5.74) is 3.78. The lowest BCUT2D eigenvalue weighted by atomic mass is 10.2. The Balaban J connectivity index is 2.19. The number of hydrogen-bond donors (Lipinski definition) is 1. The molecule has 0 atom stereocenters. The molecule has 0 amide bonds. The maximum atomic E-state index is 4.46. The van der Waals surface area contributed by atoms with Crippen molar-refractivity contribution in [1.29, 1.82) is 0 Å². The highest BCUT2D eigenvalue weighted by Crippen LogP contribution is 2.37. The van der Waals surface area contributed by atoms with E-state index >= 15 is 0 Å². The maximum absolute atomic E-state index is 4.46. The van der Waals surface area contributed by atoms with E-state index in [0.717, 1.165) is 12.1 Å². The Morgan fingerprint density at radius 1 is 1.47 bits per heavy atom. The fourth-order valence-electron chi connectivity index (χ4n) is 2.12. The largest absolute Gasteiger partial charge is 0.327 e. The number of para-hydroxylation sites is 1. The zero-order chi connectivity index (χ0) is 10.3. The molecule has 0 spiro atoms. The minimum atomic E-state index is 0.702. The highest BCUT2D eigenvalue weighted by atomic mass is 15.1. The first kappa shape index (κ1) is 8.92. The number of imidazole rings is 1. The molecule has 1 fully saturated rings. The number of hydrogen-bond acceptors (Lipinski definition) is 2. The molecule has 1 aliphatic rings. The van der Waals surface area contributed by atoms with Gasteiger partial charge in [0.05, 0.1) is 17.4 Å².